The lowest BCUT2D eigenvalue weighted by molar-refractivity contribution is -0.0816. The van der Waals surface area contributed by atoms with Crippen LogP contribution in [-0.4, -0.2) is 53.9 Å². The lowest BCUT2D eigenvalue weighted by Crippen LogP contribution is -2.50. The van der Waals surface area contributed by atoms with Crippen molar-refractivity contribution in [2.45, 2.75) is 62.8 Å². The molecule has 0 aromatic heterocycles. The summed E-state index contributed by atoms with van der Waals surface area (Å²) in [4.78, 5) is 2.88. The molecule has 4 nitrogen and oxygen atoms in total. The number of hydrogen-bond acceptors (Lipinski definition) is 4. The van der Waals surface area contributed by atoms with Crippen LogP contribution in [0.15, 0.2) is 0 Å². The average Bonchev–Trinajstić information content (AvgIpc) is 2.82. The molecule has 1 saturated carbocycles. The predicted molar refractivity (Wildman–Crippen MR) is 82.9 cm³/mol. The lowest BCUT2D eigenvalue weighted by atomic mass is 9.83. The molecule has 0 amide bonds. The highest BCUT2D eigenvalue weighted by molar-refractivity contribution is 7.80. The molecule has 0 aromatic carbocycles. The van der Waals surface area contributed by atoms with Crippen molar-refractivity contribution < 1.29 is 9.47 Å². The fourth-order valence-corrected chi connectivity index (χ4v) is 4.06. The second kappa shape index (κ2) is 6.26. The van der Waals surface area contributed by atoms with E-state index < -0.39 is 0 Å². The van der Waals surface area contributed by atoms with Gasteiger partial charge in [0, 0.05) is 19.6 Å². The first kappa shape index (κ1) is 14.7. The summed E-state index contributed by atoms with van der Waals surface area (Å²) in [7, 11) is 0. The van der Waals surface area contributed by atoms with Gasteiger partial charge >= 0.3 is 0 Å². The maximum Gasteiger partial charge on any atom is 0.120 e. The van der Waals surface area contributed by atoms with E-state index in [4.69, 9.17) is 27.4 Å². The zero-order chi connectivity index (χ0) is 14.0. The van der Waals surface area contributed by atoms with Gasteiger partial charge in [-0.05, 0) is 25.7 Å². The van der Waals surface area contributed by atoms with Gasteiger partial charge < -0.3 is 15.2 Å². The Morgan fingerprint density at radius 2 is 2.05 bits per heavy atom. The fourth-order valence-electron chi connectivity index (χ4n) is 3.92. The molecule has 3 aliphatic rings. The van der Waals surface area contributed by atoms with Crippen molar-refractivity contribution in [3.8, 4) is 0 Å². The first-order valence-electron chi connectivity index (χ1n) is 7.98. The smallest absolute Gasteiger partial charge is 0.120 e. The van der Waals surface area contributed by atoms with Gasteiger partial charge in [-0.1, -0.05) is 31.5 Å². The van der Waals surface area contributed by atoms with Gasteiger partial charge in [0.05, 0.1) is 18.3 Å². The third kappa shape index (κ3) is 3.32. The molecule has 0 bridgehead atoms. The lowest BCUT2D eigenvalue weighted by Gasteiger charge is -2.36. The molecule has 3 rings (SSSR count). The van der Waals surface area contributed by atoms with E-state index in [1.807, 2.05) is 0 Å². The van der Waals surface area contributed by atoms with E-state index in [1.165, 1.54) is 44.9 Å². The Morgan fingerprint density at radius 1 is 1.25 bits per heavy atom. The third-order valence-corrected chi connectivity index (χ3v) is 5.30. The van der Waals surface area contributed by atoms with Crippen molar-refractivity contribution in [2.24, 2.45) is 5.73 Å². The first-order valence-corrected chi connectivity index (χ1v) is 8.39. The van der Waals surface area contributed by atoms with E-state index in [1.54, 1.807) is 0 Å². The van der Waals surface area contributed by atoms with Crippen LogP contribution in [0.5, 0.6) is 0 Å². The van der Waals surface area contributed by atoms with Crippen LogP contribution < -0.4 is 5.73 Å². The molecule has 2 unspecified atom stereocenters. The van der Waals surface area contributed by atoms with Crippen molar-refractivity contribution in [1.29, 1.82) is 0 Å². The van der Waals surface area contributed by atoms with Crippen molar-refractivity contribution in [3.63, 3.8) is 0 Å². The molecular weight excluding hydrogens is 272 g/mol. The van der Waals surface area contributed by atoms with Crippen LogP contribution in [0.3, 0.4) is 0 Å². The summed E-state index contributed by atoms with van der Waals surface area (Å²) in [6, 6.07) is 0. The minimum Gasteiger partial charge on any atom is -0.391 e. The van der Waals surface area contributed by atoms with Gasteiger partial charge in [-0.2, -0.15) is 0 Å². The van der Waals surface area contributed by atoms with E-state index in [-0.39, 0.29) is 11.7 Å². The second-order valence-electron chi connectivity index (χ2n) is 6.54. The summed E-state index contributed by atoms with van der Waals surface area (Å²) in [6.07, 6.45) is 9.36. The predicted octanol–water partition coefficient (Wildman–Crippen LogP) is 1.86. The summed E-state index contributed by atoms with van der Waals surface area (Å²) in [5, 5.41) is 0. The molecule has 3 fully saturated rings. The zero-order valence-corrected chi connectivity index (χ0v) is 13.0. The van der Waals surface area contributed by atoms with Crippen LogP contribution >= 0.6 is 12.2 Å². The van der Waals surface area contributed by atoms with Crippen LogP contribution in [0.25, 0.3) is 0 Å². The molecule has 1 spiro atoms. The van der Waals surface area contributed by atoms with Crippen molar-refractivity contribution >= 4 is 17.2 Å². The van der Waals surface area contributed by atoms with Crippen molar-refractivity contribution in [3.05, 3.63) is 0 Å². The fraction of sp³-hybridized carbons (Fsp3) is 0.933. The highest BCUT2D eigenvalue weighted by Crippen LogP contribution is 2.42. The summed E-state index contributed by atoms with van der Waals surface area (Å²) < 4.78 is 12.0. The van der Waals surface area contributed by atoms with Crippen molar-refractivity contribution in [2.75, 3.05) is 26.2 Å². The first-order chi connectivity index (χ1) is 9.67. The SMILES string of the molecule is NC(=S)C1CN(CC2CCC3(CCCCC3)O2)CCO1. The Balaban J connectivity index is 1.50. The van der Waals surface area contributed by atoms with Crippen molar-refractivity contribution in [1.82, 2.24) is 4.90 Å². The Labute approximate surface area is 127 Å². The summed E-state index contributed by atoms with van der Waals surface area (Å²) in [5.74, 6) is 0. The van der Waals surface area contributed by atoms with E-state index in [2.05, 4.69) is 4.90 Å². The highest BCUT2D eigenvalue weighted by Gasteiger charge is 2.41. The average molecular weight is 298 g/mol. The molecule has 114 valence electrons. The number of morpholine rings is 1. The molecule has 0 aromatic rings. The molecule has 5 heteroatoms. The normalized spacial score (nSPS) is 34.4. The topological polar surface area (TPSA) is 47.7 Å². The molecule has 20 heavy (non-hydrogen) atoms. The minimum absolute atomic E-state index is 0.0798. The summed E-state index contributed by atoms with van der Waals surface area (Å²) >= 11 is 5.04. The Morgan fingerprint density at radius 3 is 2.80 bits per heavy atom. The van der Waals surface area contributed by atoms with Gasteiger partial charge in [0.1, 0.15) is 11.1 Å². The minimum atomic E-state index is -0.0798. The number of nitrogens with two attached hydrogens (primary N) is 1. The maximum absolute atomic E-state index is 6.44. The van der Waals surface area contributed by atoms with E-state index >= 15 is 0 Å². The van der Waals surface area contributed by atoms with Gasteiger partial charge in [0.2, 0.25) is 0 Å². The quantitative estimate of drug-likeness (QED) is 0.806. The molecule has 1 aliphatic carbocycles. The third-order valence-electron chi connectivity index (χ3n) is 5.03. The standard InChI is InChI=1S/C15H26N2O2S/c16-14(20)13-11-17(8-9-18-13)10-12-4-7-15(19-12)5-2-1-3-6-15/h12-13H,1-11H2,(H2,16,20). The van der Waals surface area contributed by atoms with Gasteiger partial charge in [-0.25, -0.2) is 0 Å². The number of ether oxygens (including phenoxy) is 2. The second-order valence-corrected chi connectivity index (χ2v) is 7.01. The number of thiocarbonyl (C=S) groups is 1. The Hall–Kier alpha value is -0.230. The molecule has 2 N–H and O–H groups in total. The molecule has 2 aliphatic heterocycles. The van der Waals surface area contributed by atoms with Gasteiger partial charge in [-0.3, -0.25) is 4.90 Å². The summed E-state index contributed by atoms with van der Waals surface area (Å²) in [6.45, 7) is 3.51. The van der Waals surface area contributed by atoms with E-state index in [0.29, 0.717) is 11.1 Å². The van der Waals surface area contributed by atoms with Gasteiger partial charge in [0.15, 0.2) is 0 Å². The maximum atomic E-state index is 6.44. The number of nitrogens with zero attached hydrogens (tertiary/aromatic N) is 1. The molecule has 2 heterocycles. The number of rotatable bonds is 3. The van der Waals surface area contributed by atoms with Crippen LogP contribution in [-0.2, 0) is 9.47 Å². The Bertz CT molecular complexity index is 358. The number of hydrogen-bond donors (Lipinski definition) is 1. The van der Waals surface area contributed by atoms with Crippen LogP contribution in [0, 0.1) is 0 Å². The monoisotopic (exact) mass is 298 g/mol. The zero-order valence-electron chi connectivity index (χ0n) is 12.2. The van der Waals surface area contributed by atoms with Gasteiger partial charge in [-0.15, -0.1) is 0 Å². The van der Waals surface area contributed by atoms with Crippen LogP contribution in [0.1, 0.15) is 44.9 Å². The molecule has 0 radical (unpaired) electrons. The Kier molecular flexibility index (Phi) is 4.60. The highest BCUT2D eigenvalue weighted by atomic mass is 32.1. The largest absolute Gasteiger partial charge is 0.391 e. The molecule has 2 atom stereocenters. The summed E-state index contributed by atoms with van der Waals surface area (Å²) in [5.41, 5.74) is 5.92. The molecular formula is C15H26N2O2S. The van der Waals surface area contributed by atoms with E-state index in [9.17, 15) is 0 Å². The van der Waals surface area contributed by atoms with Gasteiger partial charge in [0.25, 0.3) is 0 Å². The van der Waals surface area contributed by atoms with E-state index in [0.717, 1.165) is 26.2 Å². The van der Waals surface area contributed by atoms with Crippen LogP contribution in [0.2, 0.25) is 0 Å². The molecule has 2 saturated heterocycles. The van der Waals surface area contributed by atoms with Crippen LogP contribution in [0.4, 0.5) is 0 Å².